The van der Waals surface area contributed by atoms with Crippen molar-refractivity contribution in [1.82, 2.24) is 10.4 Å². The van der Waals surface area contributed by atoms with Crippen LogP contribution in [-0.2, 0) is 16.1 Å². The minimum Gasteiger partial charge on any atom is -0.351 e. The average molecular weight is 342 g/mol. The zero-order chi connectivity index (χ0) is 18.1. The summed E-state index contributed by atoms with van der Waals surface area (Å²) in [6, 6.07) is 10.3. The van der Waals surface area contributed by atoms with Crippen LogP contribution in [-0.4, -0.2) is 28.0 Å². The molecule has 0 spiro atoms. The second-order valence-corrected chi connectivity index (χ2v) is 5.82. The minimum atomic E-state index is -1.32. The third-order valence-electron chi connectivity index (χ3n) is 4.04. The quantitative estimate of drug-likeness (QED) is 0.507. The highest BCUT2D eigenvalue weighted by molar-refractivity contribution is 6.18. The Morgan fingerprint density at radius 1 is 1.20 bits per heavy atom. The second-order valence-electron chi connectivity index (χ2n) is 5.82. The summed E-state index contributed by atoms with van der Waals surface area (Å²) in [5, 5.41) is 12.3. The maximum Gasteiger partial charge on any atom is 0.284 e. The third kappa shape index (κ3) is 3.14. The zero-order valence-corrected chi connectivity index (χ0v) is 13.3. The van der Waals surface area contributed by atoms with Crippen LogP contribution in [0.5, 0.6) is 0 Å². The first-order chi connectivity index (χ1) is 11.9. The fourth-order valence-corrected chi connectivity index (χ4v) is 2.72. The van der Waals surface area contributed by atoms with Gasteiger partial charge in [0.25, 0.3) is 11.8 Å². The summed E-state index contributed by atoms with van der Waals surface area (Å²) in [6.07, 6.45) is 0. The molecular formula is C18H15FN2O4. The van der Waals surface area contributed by atoms with Crippen LogP contribution in [0.25, 0.3) is 0 Å². The van der Waals surface area contributed by atoms with Gasteiger partial charge in [-0.05, 0) is 36.2 Å². The number of amides is 3. The van der Waals surface area contributed by atoms with Crippen LogP contribution >= 0.6 is 0 Å². The van der Waals surface area contributed by atoms with Crippen molar-refractivity contribution in [1.29, 1.82) is 0 Å². The van der Waals surface area contributed by atoms with Crippen LogP contribution in [0.4, 0.5) is 4.39 Å². The molecule has 0 bridgehead atoms. The van der Waals surface area contributed by atoms with E-state index in [2.05, 4.69) is 5.32 Å². The Kier molecular flexibility index (Phi) is 4.33. The van der Waals surface area contributed by atoms with Gasteiger partial charge < -0.3 is 5.32 Å². The number of halogens is 1. The van der Waals surface area contributed by atoms with Crippen molar-refractivity contribution in [3.8, 4) is 0 Å². The molecule has 3 amide bonds. The van der Waals surface area contributed by atoms with Gasteiger partial charge in [0, 0.05) is 12.1 Å². The Morgan fingerprint density at radius 3 is 2.56 bits per heavy atom. The number of hydrogen-bond acceptors (Lipinski definition) is 4. The van der Waals surface area contributed by atoms with Crippen molar-refractivity contribution >= 4 is 17.7 Å². The number of fused-ring (bicyclic) bond motifs is 1. The van der Waals surface area contributed by atoms with E-state index in [-0.39, 0.29) is 22.7 Å². The molecule has 0 fully saturated rings. The van der Waals surface area contributed by atoms with Crippen molar-refractivity contribution in [3.05, 3.63) is 70.5 Å². The first-order valence-electron chi connectivity index (χ1n) is 7.58. The smallest absolute Gasteiger partial charge is 0.284 e. The van der Waals surface area contributed by atoms with Gasteiger partial charge in [0.2, 0.25) is 5.91 Å². The SMILES string of the molecule is Cc1ccc2c(c1)C(=O)N(O)C(=O)C2C(=O)NCc1ccc(F)cc1. The molecule has 6 nitrogen and oxygen atoms in total. The van der Waals surface area contributed by atoms with Crippen molar-refractivity contribution in [2.75, 3.05) is 0 Å². The summed E-state index contributed by atoms with van der Waals surface area (Å²) in [7, 11) is 0. The van der Waals surface area contributed by atoms with Gasteiger partial charge in [-0.2, -0.15) is 5.06 Å². The number of hydrogen-bond donors (Lipinski definition) is 2. The van der Waals surface area contributed by atoms with Crippen molar-refractivity contribution < 1.29 is 24.0 Å². The monoisotopic (exact) mass is 342 g/mol. The Bertz CT molecular complexity index is 864. The molecule has 0 saturated heterocycles. The Hall–Kier alpha value is -3.06. The van der Waals surface area contributed by atoms with Crippen LogP contribution in [0.2, 0.25) is 0 Å². The molecule has 1 unspecified atom stereocenters. The Labute approximate surface area is 142 Å². The lowest BCUT2D eigenvalue weighted by molar-refractivity contribution is -0.158. The number of rotatable bonds is 3. The standard InChI is InChI=1S/C18H15FN2O4/c1-10-2-7-13-14(8-10)17(23)21(25)18(24)15(13)16(22)20-9-11-3-5-12(19)6-4-11/h2-8,15,25H,9H2,1H3,(H,20,22). The number of hydroxylamine groups is 2. The van der Waals surface area contributed by atoms with Crippen LogP contribution < -0.4 is 5.32 Å². The topological polar surface area (TPSA) is 86.7 Å². The number of carbonyl (C=O) groups excluding carboxylic acids is 3. The molecule has 1 heterocycles. The number of nitrogens with zero attached hydrogens (tertiary/aromatic N) is 1. The predicted octanol–water partition coefficient (Wildman–Crippen LogP) is 1.91. The number of nitrogens with one attached hydrogen (secondary N) is 1. The highest BCUT2D eigenvalue weighted by Gasteiger charge is 2.42. The van der Waals surface area contributed by atoms with E-state index in [1.807, 2.05) is 0 Å². The summed E-state index contributed by atoms with van der Waals surface area (Å²) in [5.74, 6) is -4.22. The van der Waals surface area contributed by atoms with E-state index >= 15 is 0 Å². The number of carbonyl (C=O) groups is 3. The van der Waals surface area contributed by atoms with Crippen molar-refractivity contribution in [2.24, 2.45) is 0 Å². The van der Waals surface area contributed by atoms with Gasteiger partial charge >= 0.3 is 0 Å². The van der Waals surface area contributed by atoms with Gasteiger partial charge in [0.1, 0.15) is 11.7 Å². The third-order valence-corrected chi connectivity index (χ3v) is 4.04. The fourth-order valence-electron chi connectivity index (χ4n) is 2.72. The van der Waals surface area contributed by atoms with Gasteiger partial charge in [-0.15, -0.1) is 0 Å². The lowest BCUT2D eigenvalue weighted by atomic mass is 9.87. The molecule has 25 heavy (non-hydrogen) atoms. The van der Waals surface area contributed by atoms with E-state index in [9.17, 15) is 24.0 Å². The summed E-state index contributed by atoms with van der Waals surface area (Å²) < 4.78 is 12.9. The van der Waals surface area contributed by atoms with E-state index in [0.717, 1.165) is 5.56 Å². The molecular weight excluding hydrogens is 327 g/mol. The van der Waals surface area contributed by atoms with E-state index in [0.29, 0.717) is 5.56 Å². The molecule has 2 aromatic rings. The van der Waals surface area contributed by atoms with Crippen molar-refractivity contribution in [2.45, 2.75) is 19.4 Å². The van der Waals surface area contributed by atoms with Gasteiger partial charge in [0.05, 0.1) is 0 Å². The molecule has 2 aromatic carbocycles. The maximum absolute atomic E-state index is 12.9. The summed E-state index contributed by atoms with van der Waals surface area (Å²) in [5.41, 5.74) is 1.78. The first-order valence-corrected chi connectivity index (χ1v) is 7.58. The van der Waals surface area contributed by atoms with E-state index in [1.165, 1.54) is 36.4 Å². The summed E-state index contributed by atoms with van der Waals surface area (Å²) in [4.78, 5) is 36.8. The molecule has 0 aliphatic carbocycles. The van der Waals surface area contributed by atoms with Gasteiger partial charge in [-0.1, -0.05) is 29.8 Å². The molecule has 1 aliphatic rings. The summed E-state index contributed by atoms with van der Waals surface area (Å²) in [6.45, 7) is 1.85. The largest absolute Gasteiger partial charge is 0.351 e. The van der Waals surface area contributed by atoms with Crippen LogP contribution in [0, 0.1) is 12.7 Å². The average Bonchev–Trinajstić information content (AvgIpc) is 2.60. The van der Waals surface area contributed by atoms with E-state index < -0.39 is 29.5 Å². The molecule has 1 aliphatic heterocycles. The van der Waals surface area contributed by atoms with Crippen LogP contribution in [0.3, 0.4) is 0 Å². The second kappa shape index (κ2) is 6.45. The van der Waals surface area contributed by atoms with Crippen LogP contribution in [0.1, 0.15) is 33.0 Å². The highest BCUT2D eigenvalue weighted by atomic mass is 19.1. The lowest BCUT2D eigenvalue weighted by Crippen LogP contribution is -2.47. The predicted molar refractivity (Wildman–Crippen MR) is 85.1 cm³/mol. The van der Waals surface area contributed by atoms with Crippen LogP contribution in [0.15, 0.2) is 42.5 Å². The normalized spacial score (nSPS) is 16.6. The minimum absolute atomic E-state index is 0.0239. The Balaban J connectivity index is 1.86. The molecule has 128 valence electrons. The number of aryl methyl sites for hydroxylation is 1. The molecule has 0 saturated carbocycles. The fraction of sp³-hybridized carbons (Fsp3) is 0.167. The van der Waals surface area contributed by atoms with E-state index in [1.54, 1.807) is 13.0 Å². The summed E-state index contributed by atoms with van der Waals surface area (Å²) >= 11 is 0. The van der Waals surface area contributed by atoms with Gasteiger partial charge in [-0.25, -0.2) is 4.39 Å². The van der Waals surface area contributed by atoms with Gasteiger partial charge in [-0.3, -0.25) is 19.6 Å². The molecule has 2 N–H and O–H groups in total. The molecule has 7 heteroatoms. The molecule has 0 aromatic heterocycles. The van der Waals surface area contributed by atoms with Crippen molar-refractivity contribution in [3.63, 3.8) is 0 Å². The first kappa shape index (κ1) is 16.8. The molecule has 0 radical (unpaired) electrons. The highest BCUT2D eigenvalue weighted by Crippen LogP contribution is 2.29. The van der Waals surface area contributed by atoms with E-state index in [4.69, 9.17) is 0 Å². The maximum atomic E-state index is 12.9. The number of benzene rings is 2. The lowest BCUT2D eigenvalue weighted by Gasteiger charge is -2.27. The Morgan fingerprint density at radius 2 is 1.88 bits per heavy atom. The zero-order valence-electron chi connectivity index (χ0n) is 13.3. The molecule has 1 atom stereocenters. The van der Waals surface area contributed by atoms with Gasteiger partial charge in [0.15, 0.2) is 0 Å². The number of imide groups is 1. The molecule has 3 rings (SSSR count).